The minimum atomic E-state index is -0.923. The van der Waals surface area contributed by atoms with Crippen LogP contribution in [-0.4, -0.2) is 56.6 Å². The van der Waals surface area contributed by atoms with Gasteiger partial charge in [0, 0.05) is 30.6 Å². The molecule has 1 aromatic rings. The Bertz CT molecular complexity index is 654. The number of aromatic nitrogens is 2. The van der Waals surface area contributed by atoms with Crippen LogP contribution in [0.4, 0.5) is 4.39 Å². The zero-order valence-corrected chi connectivity index (χ0v) is 12.8. The highest BCUT2D eigenvalue weighted by Crippen LogP contribution is 2.27. The molecule has 1 aliphatic heterocycles. The molecule has 0 spiro atoms. The standard InChI is InChI=1S/C14H21FN2O6/c1-8-4-16(12-2-10(20)11(7-19)23-12)14(22)17(13(8)21)5-9(3-15)6-18/h4,9-12,18-20H,2-3,5-7H2,1H3/t9?,10-,11-,12-/m1/s1. The van der Waals surface area contributed by atoms with Crippen molar-refractivity contribution in [3.05, 3.63) is 32.6 Å². The molecule has 8 nitrogen and oxygen atoms in total. The van der Waals surface area contributed by atoms with Gasteiger partial charge in [0.25, 0.3) is 5.56 Å². The first-order chi connectivity index (χ1) is 10.9. The molecule has 9 heteroatoms. The van der Waals surface area contributed by atoms with Crippen molar-refractivity contribution in [3.63, 3.8) is 0 Å². The van der Waals surface area contributed by atoms with Crippen LogP contribution in [0.25, 0.3) is 0 Å². The minimum absolute atomic E-state index is 0.0926. The summed E-state index contributed by atoms with van der Waals surface area (Å²) >= 11 is 0. The van der Waals surface area contributed by atoms with Crippen molar-refractivity contribution < 1.29 is 24.4 Å². The number of hydrogen-bond donors (Lipinski definition) is 3. The van der Waals surface area contributed by atoms with Gasteiger partial charge < -0.3 is 20.1 Å². The Morgan fingerprint density at radius 2 is 2.13 bits per heavy atom. The van der Waals surface area contributed by atoms with Gasteiger partial charge in [0.2, 0.25) is 0 Å². The van der Waals surface area contributed by atoms with Gasteiger partial charge in [0.15, 0.2) is 0 Å². The van der Waals surface area contributed by atoms with E-state index in [1.54, 1.807) is 0 Å². The average molecular weight is 332 g/mol. The molecule has 2 rings (SSSR count). The van der Waals surface area contributed by atoms with Crippen molar-refractivity contribution >= 4 is 0 Å². The van der Waals surface area contributed by atoms with Crippen LogP contribution in [0.1, 0.15) is 18.2 Å². The van der Waals surface area contributed by atoms with Crippen LogP contribution in [-0.2, 0) is 11.3 Å². The number of nitrogens with zero attached hydrogens (tertiary/aromatic N) is 2. The number of aryl methyl sites for hydroxylation is 1. The molecule has 1 saturated heterocycles. The first kappa shape index (κ1) is 17.8. The van der Waals surface area contributed by atoms with Crippen molar-refractivity contribution in [2.24, 2.45) is 5.92 Å². The molecule has 3 N–H and O–H groups in total. The van der Waals surface area contributed by atoms with Crippen LogP contribution in [0.5, 0.6) is 0 Å². The van der Waals surface area contributed by atoms with Gasteiger partial charge in [-0.2, -0.15) is 0 Å². The maximum atomic E-state index is 12.8. The fourth-order valence-corrected chi connectivity index (χ4v) is 2.59. The van der Waals surface area contributed by atoms with Crippen molar-refractivity contribution in [2.45, 2.75) is 38.3 Å². The molecule has 23 heavy (non-hydrogen) atoms. The third-order valence-corrected chi connectivity index (χ3v) is 3.98. The maximum Gasteiger partial charge on any atom is 0.333 e. The summed E-state index contributed by atoms with van der Waals surface area (Å²) in [6.45, 7) is -0.472. The molecule has 4 atom stereocenters. The smallest absolute Gasteiger partial charge is 0.333 e. The molecule has 0 saturated carbocycles. The van der Waals surface area contributed by atoms with Crippen molar-refractivity contribution in [1.29, 1.82) is 0 Å². The first-order valence-electron chi connectivity index (χ1n) is 7.36. The Hall–Kier alpha value is -1.55. The molecule has 0 radical (unpaired) electrons. The van der Waals surface area contributed by atoms with E-state index in [1.165, 1.54) is 13.1 Å². The molecule has 130 valence electrons. The van der Waals surface area contributed by atoms with E-state index < -0.39 is 48.9 Å². The Balaban J connectivity index is 2.41. The van der Waals surface area contributed by atoms with Gasteiger partial charge in [0.05, 0.1) is 26.0 Å². The summed E-state index contributed by atoms with van der Waals surface area (Å²) in [6, 6.07) is 0. The highest BCUT2D eigenvalue weighted by Gasteiger charge is 2.35. The fraction of sp³-hybridized carbons (Fsp3) is 0.714. The average Bonchev–Trinajstić information content (AvgIpc) is 2.92. The van der Waals surface area contributed by atoms with E-state index in [9.17, 15) is 19.1 Å². The van der Waals surface area contributed by atoms with Crippen LogP contribution >= 0.6 is 0 Å². The highest BCUT2D eigenvalue weighted by atomic mass is 19.1. The van der Waals surface area contributed by atoms with Crippen molar-refractivity contribution in [2.75, 3.05) is 19.9 Å². The Morgan fingerprint density at radius 1 is 1.43 bits per heavy atom. The Morgan fingerprint density at radius 3 is 2.65 bits per heavy atom. The van der Waals surface area contributed by atoms with E-state index in [0.29, 0.717) is 0 Å². The molecule has 1 fully saturated rings. The van der Waals surface area contributed by atoms with Gasteiger partial charge in [0.1, 0.15) is 12.3 Å². The van der Waals surface area contributed by atoms with E-state index in [4.69, 9.17) is 14.9 Å². The fourth-order valence-electron chi connectivity index (χ4n) is 2.59. The summed E-state index contributed by atoms with van der Waals surface area (Å²) in [7, 11) is 0. The van der Waals surface area contributed by atoms with Crippen LogP contribution in [0.15, 0.2) is 15.8 Å². The SMILES string of the molecule is Cc1cn([C@H]2C[C@@H](O)[C@@H](CO)O2)c(=O)n(CC(CO)CF)c1=O. The minimum Gasteiger partial charge on any atom is -0.396 e. The van der Waals surface area contributed by atoms with Crippen molar-refractivity contribution in [3.8, 4) is 0 Å². The summed E-state index contributed by atoms with van der Waals surface area (Å²) in [4.78, 5) is 24.6. The van der Waals surface area contributed by atoms with E-state index in [-0.39, 0.29) is 25.1 Å². The molecule has 0 amide bonds. The number of alkyl halides is 1. The second-order valence-electron chi connectivity index (χ2n) is 5.74. The zero-order chi connectivity index (χ0) is 17.1. The van der Waals surface area contributed by atoms with Gasteiger partial charge in [-0.1, -0.05) is 0 Å². The van der Waals surface area contributed by atoms with E-state index in [1.807, 2.05) is 0 Å². The molecule has 0 aliphatic carbocycles. The van der Waals surface area contributed by atoms with Crippen molar-refractivity contribution in [1.82, 2.24) is 9.13 Å². The number of hydrogen-bond acceptors (Lipinski definition) is 6. The van der Waals surface area contributed by atoms with E-state index in [0.717, 1.165) is 9.13 Å². The lowest BCUT2D eigenvalue weighted by Crippen LogP contribution is -2.44. The van der Waals surface area contributed by atoms with Crippen LogP contribution in [0.3, 0.4) is 0 Å². The maximum absolute atomic E-state index is 12.8. The summed E-state index contributed by atoms with van der Waals surface area (Å²) in [5, 5.41) is 28.0. The normalized spacial score (nSPS) is 25.7. The quantitative estimate of drug-likeness (QED) is 0.586. The Labute approximate surface area is 131 Å². The summed E-state index contributed by atoms with van der Waals surface area (Å²) < 4.78 is 20.2. The largest absolute Gasteiger partial charge is 0.396 e. The summed E-state index contributed by atoms with van der Waals surface area (Å²) in [5.41, 5.74) is -1.01. The summed E-state index contributed by atoms with van der Waals surface area (Å²) in [6.07, 6.45) is -1.13. The van der Waals surface area contributed by atoms with Crippen LogP contribution in [0, 0.1) is 12.8 Å². The first-order valence-corrected chi connectivity index (χ1v) is 7.36. The lowest BCUT2D eigenvalue weighted by Gasteiger charge is -2.19. The number of aliphatic hydroxyl groups is 3. The van der Waals surface area contributed by atoms with Gasteiger partial charge in [-0.25, -0.2) is 4.79 Å². The van der Waals surface area contributed by atoms with Crippen LogP contribution < -0.4 is 11.2 Å². The second kappa shape index (κ2) is 7.35. The third kappa shape index (κ3) is 3.52. The topological polar surface area (TPSA) is 114 Å². The monoisotopic (exact) mass is 332 g/mol. The molecular weight excluding hydrogens is 311 g/mol. The summed E-state index contributed by atoms with van der Waals surface area (Å²) in [5.74, 6) is -0.851. The Kier molecular flexibility index (Phi) is 5.69. The van der Waals surface area contributed by atoms with E-state index >= 15 is 0 Å². The van der Waals surface area contributed by atoms with Gasteiger partial charge in [-0.15, -0.1) is 0 Å². The third-order valence-electron chi connectivity index (χ3n) is 3.98. The van der Waals surface area contributed by atoms with Crippen LogP contribution in [0.2, 0.25) is 0 Å². The number of aliphatic hydroxyl groups excluding tert-OH is 3. The predicted octanol–water partition coefficient (Wildman–Crippen LogP) is -1.46. The molecular formula is C14H21FN2O6. The molecule has 1 unspecified atom stereocenters. The lowest BCUT2D eigenvalue weighted by atomic mass is 10.2. The number of halogens is 1. The molecule has 2 heterocycles. The zero-order valence-electron chi connectivity index (χ0n) is 12.8. The molecule has 1 aliphatic rings. The highest BCUT2D eigenvalue weighted by molar-refractivity contribution is 5.04. The van der Waals surface area contributed by atoms with Gasteiger partial charge >= 0.3 is 5.69 Å². The molecule has 0 bridgehead atoms. The lowest BCUT2D eigenvalue weighted by molar-refractivity contribution is -0.0464. The van der Waals surface area contributed by atoms with Gasteiger partial charge in [-0.05, 0) is 6.92 Å². The molecule has 0 aromatic carbocycles. The predicted molar refractivity (Wildman–Crippen MR) is 77.9 cm³/mol. The molecule has 1 aromatic heterocycles. The second-order valence-corrected chi connectivity index (χ2v) is 5.74. The number of rotatable bonds is 6. The number of ether oxygens (including phenoxy) is 1. The van der Waals surface area contributed by atoms with E-state index in [2.05, 4.69) is 0 Å². The van der Waals surface area contributed by atoms with Gasteiger partial charge in [-0.3, -0.25) is 18.3 Å².